The number of aliphatic imine (C=N–C) groups is 1. The van der Waals surface area contributed by atoms with Gasteiger partial charge in [0.1, 0.15) is 5.82 Å². The Bertz CT molecular complexity index is 1250. The first-order chi connectivity index (χ1) is 17.9. The quantitative estimate of drug-likeness (QED) is 0.242. The van der Waals surface area contributed by atoms with Gasteiger partial charge in [0.05, 0.1) is 36.6 Å². The standard InChI is InChI=1S/C28H35N5O4/c1-20(22(19-37-3)7-6-13-29-2)9-11-23(34)18-26-31-24-12-10-21(17-25(24)32-26)28(36)30-14-16-33-15-5-4-8-27(33)35/h6-7,9-13,17,19,34H,4-5,8,14-16,18H2,1-3H3,(H,30,36)(H,31,32)/b7-6-,20-9+,22-19-,23-11+,29-13?. The minimum Gasteiger partial charge on any atom is -0.512 e. The Balaban J connectivity index is 1.61. The van der Waals surface area contributed by atoms with Gasteiger partial charge in [0.2, 0.25) is 5.91 Å². The second-order valence-corrected chi connectivity index (χ2v) is 8.77. The highest BCUT2D eigenvalue weighted by Crippen LogP contribution is 2.17. The van der Waals surface area contributed by atoms with E-state index >= 15 is 0 Å². The minimum atomic E-state index is -0.204. The summed E-state index contributed by atoms with van der Waals surface area (Å²) in [6.45, 7) is 3.60. The van der Waals surface area contributed by atoms with Crippen LogP contribution in [0.1, 0.15) is 42.4 Å². The summed E-state index contributed by atoms with van der Waals surface area (Å²) in [5.41, 5.74) is 3.67. The Morgan fingerprint density at radius 1 is 1.32 bits per heavy atom. The van der Waals surface area contributed by atoms with Crippen molar-refractivity contribution in [3.63, 3.8) is 0 Å². The van der Waals surface area contributed by atoms with Crippen LogP contribution in [0.25, 0.3) is 11.0 Å². The second-order valence-electron chi connectivity index (χ2n) is 8.77. The van der Waals surface area contributed by atoms with E-state index in [-0.39, 0.29) is 24.0 Å². The number of nitrogens with zero attached hydrogens (tertiary/aromatic N) is 3. The molecule has 1 aliphatic heterocycles. The smallest absolute Gasteiger partial charge is 0.251 e. The van der Waals surface area contributed by atoms with Crippen LogP contribution >= 0.6 is 0 Å². The molecule has 0 atom stereocenters. The summed E-state index contributed by atoms with van der Waals surface area (Å²) >= 11 is 0. The number of rotatable bonds is 11. The first kappa shape index (κ1) is 27.4. The monoisotopic (exact) mass is 505 g/mol. The predicted molar refractivity (Wildman–Crippen MR) is 146 cm³/mol. The van der Waals surface area contributed by atoms with Crippen molar-refractivity contribution in [2.45, 2.75) is 32.6 Å². The first-order valence-electron chi connectivity index (χ1n) is 12.3. The van der Waals surface area contributed by atoms with Gasteiger partial charge >= 0.3 is 0 Å². The maximum atomic E-state index is 12.6. The fourth-order valence-corrected chi connectivity index (χ4v) is 3.96. The number of nitrogens with one attached hydrogen (secondary N) is 2. The number of allylic oxidation sites excluding steroid dienone is 7. The highest BCUT2D eigenvalue weighted by atomic mass is 16.5. The number of imidazole rings is 1. The number of aliphatic hydroxyl groups is 1. The predicted octanol–water partition coefficient (Wildman–Crippen LogP) is 4.02. The number of piperidine rings is 1. The van der Waals surface area contributed by atoms with Crippen LogP contribution in [0.2, 0.25) is 0 Å². The van der Waals surface area contributed by atoms with Gasteiger partial charge < -0.3 is 25.0 Å². The van der Waals surface area contributed by atoms with Crippen molar-refractivity contribution in [2.24, 2.45) is 4.99 Å². The molecule has 196 valence electrons. The summed E-state index contributed by atoms with van der Waals surface area (Å²) in [5.74, 6) is 0.674. The molecule has 0 radical (unpaired) electrons. The van der Waals surface area contributed by atoms with Crippen LogP contribution in [0.4, 0.5) is 0 Å². The van der Waals surface area contributed by atoms with Crippen molar-refractivity contribution >= 4 is 29.1 Å². The SMILES string of the molecule is CN=C\C=C/C(=C/OC)C(/C)=C/C=C(/O)Cc1nc2ccc(C(=O)NCCN3CCCCC3=O)cc2[nH]1. The highest BCUT2D eigenvalue weighted by molar-refractivity contribution is 5.97. The molecule has 3 N–H and O–H groups in total. The van der Waals surface area contributed by atoms with Crippen molar-refractivity contribution in [2.75, 3.05) is 33.8 Å². The summed E-state index contributed by atoms with van der Waals surface area (Å²) in [7, 11) is 3.28. The first-order valence-corrected chi connectivity index (χ1v) is 12.3. The maximum absolute atomic E-state index is 12.6. The molecule has 0 saturated carbocycles. The molecular weight excluding hydrogens is 470 g/mol. The van der Waals surface area contributed by atoms with E-state index in [2.05, 4.69) is 20.3 Å². The van der Waals surface area contributed by atoms with Gasteiger partial charge in [0.15, 0.2) is 0 Å². The number of H-pyrrole nitrogens is 1. The number of fused-ring (bicyclic) bond motifs is 1. The average Bonchev–Trinajstić information content (AvgIpc) is 3.29. The summed E-state index contributed by atoms with van der Waals surface area (Å²) in [4.78, 5) is 37.9. The lowest BCUT2D eigenvalue weighted by atomic mass is 10.1. The molecule has 0 unspecified atom stereocenters. The van der Waals surface area contributed by atoms with Gasteiger partial charge in [-0.2, -0.15) is 0 Å². The van der Waals surface area contributed by atoms with Gasteiger partial charge in [-0.3, -0.25) is 14.6 Å². The van der Waals surface area contributed by atoms with E-state index in [0.717, 1.165) is 30.5 Å². The Labute approximate surface area is 217 Å². The molecule has 0 bridgehead atoms. The lowest BCUT2D eigenvalue weighted by molar-refractivity contribution is -0.133. The van der Waals surface area contributed by atoms with Crippen LogP contribution < -0.4 is 5.32 Å². The molecule has 2 aromatic rings. The average molecular weight is 506 g/mol. The third-order valence-corrected chi connectivity index (χ3v) is 5.97. The van der Waals surface area contributed by atoms with E-state index in [9.17, 15) is 14.7 Å². The van der Waals surface area contributed by atoms with Gasteiger partial charge in [-0.25, -0.2) is 4.98 Å². The summed E-state index contributed by atoms with van der Waals surface area (Å²) < 4.78 is 5.13. The van der Waals surface area contributed by atoms with E-state index < -0.39 is 0 Å². The Hall–Kier alpha value is -4.14. The Morgan fingerprint density at radius 2 is 2.16 bits per heavy atom. The summed E-state index contributed by atoms with van der Waals surface area (Å²) in [5, 5.41) is 13.3. The normalized spacial score (nSPS) is 15.8. The molecule has 0 spiro atoms. The largest absolute Gasteiger partial charge is 0.512 e. The summed E-state index contributed by atoms with van der Waals surface area (Å²) in [6.07, 6.45) is 13.2. The zero-order valence-electron chi connectivity index (χ0n) is 21.7. The highest BCUT2D eigenvalue weighted by Gasteiger charge is 2.17. The molecule has 3 rings (SSSR count). The van der Waals surface area contributed by atoms with Crippen molar-refractivity contribution in [1.29, 1.82) is 0 Å². The van der Waals surface area contributed by atoms with Gasteiger partial charge in [-0.1, -0.05) is 12.2 Å². The molecular formula is C28H35N5O4. The number of aliphatic hydroxyl groups excluding tert-OH is 1. The van der Waals surface area contributed by atoms with Gasteiger partial charge in [-0.15, -0.1) is 0 Å². The number of benzene rings is 1. The number of aromatic nitrogens is 2. The van der Waals surface area contributed by atoms with E-state index in [1.54, 1.807) is 61.9 Å². The molecule has 1 fully saturated rings. The minimum absolute atomic E-state index is 0.138. The van der Waals surface area contributed by atoms with E-state index in [1.165, 1.54) is 0 Å². The number of likely N-dealkylation sites (tertiary alicyclic amines) is 1. The third-order valence-electron chi connectivity index (χ3n) is 5.97. The van der Waals surface area contributed by atoms with Gasteiger partial charge in [0.25, 0.3) is 5.91 Å². The molecule has 37 heavy (non-hydrogen) atoms. The Morgan fingerprint density at radius 3 is 2.92 bits per heavy atom. The summed E-state index contributed by atoms with van der Waals surface area (Å²) in [6, 6.07) is 5.24. The Kier molecular flexibility index (Phi) is 10.3. The van der Waals surface area contributed by atoms with E-state index in [1.807, 2.05) is 19.1 Å². The lowest BCUT2D eigenvalue weighted by Crippen LogP contribution is -2.41. The van der Waals surface area contributed by atoms with Crippen molar-refractivity contribution < 1.29 is 19.4 Å². The van der Waals surface area contributed by atoms with E-state index in [0.29, 0.717) is 41.9 Å². The molecule has 1 saturated heterocycles. The molecule has 1 aromatic heterocycles. The molecule has 9 nitrogen and oxygen atoms in total. The van der Waals surface area contributed by atoms with Crippen LogP contribution in [-0.2, 0) is 16.0 Å². The number of carbonyl (C=O) groups excluding carboxylic acids is 2. The van der Waals surface area contributed by atoms with Gasteiger partial charge in [0, 0.05) is 50.5 Å². The molecule has 1 aromatic carbocycles. The van der Waals surface area contributed by atoms with Crippen molar-refractivity contribution in [3.8, 4) is 0 Å². The van der Waals surface area contributed by atoms with Crippen LogP contribution in [0.15, 0.2) is 70.7 Å². The van der Waals surface area contributed by atoms with Crippen LogP contribution in [0, 0.1) is 0 Å². The molecule has 0 aliphatic carbocycles. The number of ether oxygens (including phenoxy) is 1. The van der Waals surface area contributed by atoms with E-state index in [4.69, 9.17) is 4.74 Å². The third kappa shape index (κ3) is 8.20. The molecule has 2 heterocycles. The number of carbonyl (C=O) groups is 2. The van der Waals surface area contributed by atoms with Gasteiger partial charge in [-0.05, 0) is 55.7 Å². The zero-order chi connectivity index (χ0) is 26.6. The maximum Gasteiger partial charge on any atom is 0.251 e. The number of amides is 2. The lowest BCUT2D eigenvalue weighted by Gasteiger charge is -2.26. The topological polar surface area (TPSA) is 120 Å². The number of methoxy groups -OCH3 is 1. The van der Waals surface area contributed by atoms with Crippen LogP contribution in [-0.4, -0.2) is 71.8 Å². The van der Waals surface area contributed by atoms with Crippen LogP contribution in [0.3, 0.4) is 0 Å². The molecule has 1 aliphatic rings. The second kappa shape index (κ2) is 13.8. The number of aromatic amines is 1. The molecule has 9 heteroatoms. The van der Waals surface area contributed by atoms with Crippen molar-refractivity contribution in [3.05, 3.63) is 77.1 Å². The fourth-order valence-electron chi connectivity index (χ4n) is 3.96. The number of hydrogen-bond donors (Lipinski definition) is 3. The van der Waals surface area contributed by atoms with Crippen molar-refractivity contribution in [1.82, 2.24) is 20.2 Å². The molecule has 2 amide bonds. The van der Waals surface area contributed by atoms with Crippen LogP contribution in [0.5, 0.6) is 0 Å². The number of hydrogen-bond acceptors (Lipinski definition) is 6. The fraction of sp³-hybridized carbons (Fsp3) is 0.357. The zero-order valence-corrected chi connectivity index (χ0v) is 21.7.